The summed E-state index contributed by atoms with van der Waals surface area (Å²) in [7, 11) is 0. The molecule has 2 saturated heterocycles. The molecule has 2 fully saturated rings. The van der Waals surface area contributed by atoms with Crippen molar-refractivity contribution in [1.29, 1.82) is 0 Å². The maximum absolute atomic E-state index is 11.9. The monoisotopic (exact) mass is 365 g/mol. The highest BCUT2D eigenvalue weighted by Gasteiger charge is 2.55. The van der Waals surface area contributed by atoms with Gasteiger partial charge in [0.1, 0.15) is 22.3 Å². The van der Waals surface area contributed by atoms with Crippen molar-refractivity contribution in [3.8, 4) is 0 Å². The Kier molecular flexibility index (Phi) is 3.74. The number of aliphatic carboxylic acids is 1. The van der Waals surface area contributed by atoms with E-state index in [1.165, 1.54) is 23.5 Å². The summed E-state index contributed by atoms with van der Waals surface area (Å²) in [5.74, 6) is -0.388. The fourth-order valence-electron chi connectivity index (χ4n) is 2.92. The molecule has 0 spiro atoms. The van der Waals surface area contributed by atoms with Crippen LogP contribution in [0.25, 0.3) is 11.1 Å². The van der Waals surface area contributed by atoms with Crippen molar-refractivity contribution >= 4 is 46.5 Å². The number of thioether (sulfide) groups is 2. The standard InChI is InChI=1S/C15H15N3O4S2/c16-10-11(19)18-5-15(13(20)21,6-23-12(10)18)7-24-14-17-8-3-1-2-4-9(8)22-14/h1-4,10,12H,5-7,16H2,(H,20,21)/t10?,12-,15?/m1/s1. The lowest BCUT2D eigenvalue weighted by atomic mass is 9.89. The molecular formula is C15H15N3O4S2. The Morgan fingerprint density at radius 2 is 2.33 bits per heavy atom. The number of carbonyl (C=O) groups excluding carboxylic acids is 1. The number of β-lactam (4-membered cyclic amide) rings is 1. The van der Waals surface area contributed by atoms with E-state index in [1.54, 1.807) is 4.90 Å². The maximum Gasteiger partial charge on any atom is 0.313 e. The number of nitrogens with two attached hydrogens (primary N) is 1. The van der Waals surface area contributed by atoms with Crippen LogP contribution in [0.2, 0.25) is 0 Å². The normalized spacial score (nSPS) is 29.4. The Bertz CT molecular complexity index is 793. The van der Waals surface area contributed by atoms with Crippen molar-refractivity contribution in [2.45, 2.75) is 16.6 Å². The number of carboxylic acid groups (broad SMARTS) is 1. The van der Waals surface area contributed by atoms with Gasteiger partial charge in [-0.3, -0.25) is 9.59 Å². The fraction of sp³-hybridized carbons (Fsp3) is 0.400. The van der Waals surface area contributed by atoms with Gasteiger partial charge in [-0.25, -0.2) is 4.98 Å². The largest absolute Gasteiger partial charge is 0.481 e. The molecule has 3 heterocycles. The predicted octanol–water partition coefficient (Wildman–Crippen LogP) is 1.23. The van der Waals surface area contributed by atoms with Crippen molar-refractivity contribution in [1.82, 2.24) is 9.88 Å². The Hall–Kier alpha value is -1.71. The van der Waals surface area contributed by atoms with E-state index in [9.17, 15) is 14.7 Å². The summed E-state index contributed by atoms with van der Waals surface area (Å²) in [5, 5.41) is 10.1. The molecule has 4 rings (SSSR count). The lowest BCUT2D eigenvalue weighted by Crippen LogP contribution is -2.72. The van der Waals surface area contributed by atoms with Crippen molar-refractivity contribution in [3.05, 3.63) is 24.3 Å². The highest BCUT2D eigenvalue weighted by molar-refractivity contribution is 8.00. The van der Waals surface area contributed by atoms with E-state index in [0.717, 1.165) is 5.52 Å². The van der Waals surface area contributed by atoms with Crippen LogP contribution in [-0.2, 0) is 9.59 Å². The highest BCUT2D eigenvalue weighted by Crippen LogP contribution is 2.43. The summed E-state index contributed by atoms with van der Waals surface area (Å²) in [6.07, 6.45) is 0. The van der Waals surface area contributed by atoms with Crippen LogP contribution < -0.4 is 5.73 Å². The Balaban J connectivity index is 1.52. The number of carbonyl (C=O) groups is 2. The van der Waals surface area contributed by atoms with Crippen LogP contribution in [0.1, 0.15) is 0 Å². The van der Waals surface area contributed by atoms with Gasteiger partial charge < -0.3 is 20.2 Å². The van der Waals surface area contributed by atoms with Crippen LogP contribution >= 0.6 is 23.5 Å². The van der Waals surface area contributed by atoms with Gasteiger partial charge in [0.2, 0.25) is 5.91 Å². The summed E-state index contributed by atoms with van der Waals surface area (Å²) >= 11 is 2.70. The minimum Gasteiger partial charge on any atom is -0.481 e. The first kappa shape index (κ1) is 15.8. The zero-order chi connectivity index (χ0) is 16.9. The van der Waals surface area contributed by atoms with Crippen molar-refractivity contribution in [3.63, 3.8) is 0 Å². The van der Waals surface area contributed by atoms with Gasteiger partial charge >= 0.3 is 5.97 Å². The molecule has 1 amide bonds. The third-order valence-corrected chi connectivity index (χ3v) is 7.11. The van der Waals surface area contributed by atoms with Gasteiger partial charge in [0, 0.05) is 18.1 Å². The van der Waals surface area contributed by atoms with Crippen molar-refractivity contribution in [2.24, 2.45) is 11.1 Å². The second-order valence-corrected chi connectivity index (χ2v) is 8.05. The number of carboxylic acids is 1. The number of para-hydroxylation sites is 2. The van der Waals surface area contributed by atoms with Crippen LogP contribution in [0.5, 0.6) is 0 Å². The Morgan fingerprint density at radius 3 is 3.08 bits per heavy atom. The van der Waals surface area contributed by atoms with Crippen LogP contribution in [-0.4, -0.2) is 56.3 Å². The zero-order valence-electron chi connectivity index (χ0n) is 12.5. The van der Waals surface area contributed by atoms with Crippen LogP contribution in [0.3, 0.4) is 0 Å². The van der Waals surface area contributed by atoms with Crippen molar-refractivity contribution < 1.29 is 19.1 Å². The molecule has 1 aromatic carbocycles. The smallest absolute Gasteiger partial charge is 0.313 e. The summed E-state index contributed by atoms with van der Waals surface area (Å²) in [4.78, 5) is 29.7. The number of rotatable bonds is 4. The molecule has 2 unspecified atom stereocenters. The summed E-state index contributed by atoms with van der Waals surface area (Å²) < 4.78 is 5.64. The van der Waals surface area contributed by atoms with Gasteiger partial charge in [0.05, 0.1) is 0 Å². The minimum absolute atomic E-state index is 0.0979. The molecule has 9 heteroatoms. The first-order chi connectivity index (χ1) is 11.5. The van der Waals surface area contributed by atoms with Crippen LogP contribution in [0, 0.1) is 5.41 Å². The molecule has 3 N–H and O–H groups in total. The third-order valence-electron chi connectivity index (χ3n) is 4.39. The molecule has 2 aliphatic heterocycles. The van der Waals surface area contributed by atoms with Crippen LogP contribution in [0.15, 0.2) is 33.9 Å². The van der Waals surface area contributed by atoms with Gasteiger partial charge in [-0.05, 0) is 12.1 Å². The predicted molar refractivity (Wildman–Crippen MR) is 90.7 cm³/mol. The van der Waals surface area contributed by atoms with E-state index < -0.39 is 17.4 Å². The molecule has 3 atom stereocenters. The maximum atomic E-state index is 11.9. The van der Waals surface area contributed by atoms with E-state index in [-0.39, 0.29) is 23.6 Å². The second kappa shape index (κ2) is 5.68. The van der Waals surface area contributed by atoms with E-state index >= 15 is 0 Å². The minimum atomic E-state index is -1.03. The number of hydrogen-bond acceptors (Lipinski definition) is 7. The number of fused-ring (bicyclic) bond motifs is 2. The van der Waals surface area contributed by atoms with Gasteiger partial charge in [-0.1, -0.05) is 23.9 Å². The van der Waals surface area contributed by atoms with E-state index in [4.69, 9.17) is 10.2 Å². The molecule has 0 aliphatic carbocycles. The molecule has 0 saturated carbocycles. The molecule has 0 radical (unpaired) electrons. The molecule has 0 bridgehead atoms. The van der Waals surface area contributed by atoms with Crippen molar-refractivity contribution in [2.75, 3.05) is 18.1 Å². The average molecular weight is 365 g/mol. The Morgan fingerprint density at radius 1 is 1.54 bits per heavy atom. The first-order valence-electron chi connectivity index (χ1n) is 7.40. The number of aromatic nitrogens is 1. The lowest BCUT2D eigenvalue weighted by molar-refractivity contribution is -0.155. The van der Waals surface area contributed by atoms with E-state index in [1.807, 2.05) is 24.3 Å². The summed E-state index contributed by atoms with van der Waals surface area (Å²) in [6.45, 7) is 0.180. The van der Waals surface area contributed by atoms with Gasteiger partial charge in [-0.2, -0.15) is 0 Å². The summed E-state index contributed by atoms with van der Waals surface area (Å²) in [6, 6.07) is 6.88. The van der Waals surface area contributed by atoms with E-state index in [2.05, 4.69) is 4.98 Å². The van der Waals surface area contributed by atoms with Gasteiger partial charge in [-0.15, -0.1) is 11.8 Å². The van der Waals surface area contributed by atoms with Gasteiger partial charge in [0.15, 0.2) is 5.58 Å². The number of benzene rings is 1. The molecule has 1 aromatic heterocycles. The van der Waals surface area contributed by atoms with E-state index in [0.29, 0.717) is 16.6 Å². The Labute approximate surface area is 145 Å². The molecule has 24 heavy (non-hydrogen) atoms. The van der Waals surface area contributed by atoms with Gasteiger partial charge in [0.25, 0.3) is 5.22 Å². The topological polar surface area (TPSA) is 110 Å². The molecule has 126 valence electrons. The third kappa shape index (κ3) is 2.38. The number of oxazole rings is 1. The van der Waals surface area contributed by atoms with Crippen LogP contribution in [0.4, 0.5) is 0 Å². The molecular weight excluding hydrogens is 350 g/mol. The fourth-order valence-corrected chi connectivity index (χ4v) is 5.57. The lowest BCUT2D eigenvalue weighted by Gasteiger charge is -2.52. The second-order valence-electron chi connectivity index (χ2n) is 6.02. The summed E-state index contributed by atoms with van der Waals surface area (Å²) in [5.41, 5.74) is 6.15. The molecule has 7 nitrogen and oxygen atoms in total. The number of hydrogen-bond donors (Lipinski definition) is 2. The number of amides is 1. The molecule has 2 aromatic rings. The average Bonchev–Trinajstić information content (AvgIpc) is 3.01. The first-order valence-corrected chi connectivity index (χ1v) is 9.43. The number of nitrogens with zero attached hydrogens (tertiary/aromatic N) is 2. The zero-order valence-corrected chi connectivity index (χ0v) is 14.2. The quantitative estimate of drug-likeness (QED) is 0.615. The highest BCUT2D eigenvalue weighted by atomic mass is 32.2. The molecule has 2 aliphatic rings. The SMILES string of the molecule is NC1C(=O)N2CC(CSc3nc4ccccc4o3)(C(=O)O)CS[C@H]12.